The van der Waals surface area contributed by atoms with E-state index in [0.717, 1.165) is 43.8 Å². The number of ether oxygens (including phenoxy) is 1. The maximum Gasteiger partial charge on any atom is 0.409 e. The molecule has 2 saturated heterocycles. The Morgan fingerprint density at radius 1 is 1.00 bits per heavy atom. The first-order valence-electron chi connectivity index (χ1n) is 13.6. The second-order valence-electron chi connectivity index (χ2n) is 11.5. The summed E-state index contributed by atoms with van der Waals surface area (Å²) in [4.78, 5) is 19.6. The molecular weight excluding hydrogens is 410 g/mol. The average Bonchev–Trinajstić information content (AvgIpc) is 3.49. The zero-order valence-electron chi connectivity index (χ0n) is 20.4. The predicted molar refractivity (Wildman–Crippen MR) is 130 cm³/mol. The van der Waals surface area contributed by atoms with Gasteiger partial charge >= 0.3 is 6.09 Å². The summed E-state index contributed by atoms with van der Waals surface area (Å²) in [6, 6.07) is 10.8. The summed E-state index contributed by atoms with van der Waals surface area (Å²) in [5, 5.41) is 0. The Morgan fingerprint density at radius 3 is 2.48 bits per heavy atom. The van der Waals surface area contributed by atoms with Gasteiger partial charge in [0, 0.05) is 43.7 Å². The zero-order valence-corrected chi connectivity index (χ0v) is 20.4. The van der Waals surface area contributed by atoms with Gasteiger partial charge in [0.05, 0.1) is 6.61 Å². The molecule has 1 aromatic rings. The third-order valence-corrected chi connectivity index (χ3v) is 9.90. The molecule has 2 bridgehead atoms. The van der Waals surface area contributed by atoms with Crippen LogP contribution in [0, 0.1) is 11.8 Å². The highest BCUT2D eigenvalue weighted by atomic mass is 16.6. The Morgan fingerprint density at radius 2 is 1.79 bits per heavy atom. The van der Waals surface area contributed by atoms with Gasteiger partial charge in [0.25, 0.3) is 0 Å². The molecule has 2 aliphatic carbocycles. The Hall–Kier alpha value is -1.59. The van der Waals surface area contributed by atoms with Crippen LogP contribution in [0.2, 0.25) is 0 Å². The molecule has 1 spiro atoms. The summed E-state index contributed by atoms with van der Waals surface area (Å²) in [5.41, 5.74) is 3.59. The molecule has 6 rings (SSSR count). The topological polar surface area (TPSA) is 36.0 Å². The van der Waals surface area contributed by atoms with Crippen LogP contribution < -0.4 is 0 Å². The lowest BCUT2D eigenvalue weighted by Gasteiger charge is -2.52. The van der Waals surface area contributed by atoms with E-state index in [2.05, 4.69) is 34.1 Å². The van der Waals surface area contributed by atoms with Crippen molar-refractivity contribution in [1.82, 2.24) is 14.7 Å². The van der Waals surface area contributed by atoms with Crippen LogP contribution in [0.25, 0.3) is 0 Å². The molecule has 1 amide bonds. The van der Waals surface area contributed by atoms with Crippen molar-refractivity contribution in [2.24, 2.45) is 11.8 Å². The number of piperidine rings is 2. The fraction of sp³-hybridized carbons (Fsp3) is 0.750. The lowest BCUT2D eigenvalue weighted by molar-refractivity contribution is 0.0276. The fourth-order valence-electron chi connectivity index (χ4n) is 8.19. The molecule has 33 heavy (non-hydrogen) atoms. The Balaban J connectivity index is 1.13. The minimum absolute atomic E-state index is 0.131. The molecule has 0 N–H and O–H groups in total. The second kappa shape index (κ2) is 8.88. The van der Waals surface area contributed by atoms with Crippen molar-refractivity contribution >= 4 is 6.09 Å². The Labute approximate surface area is 199 Å². The third kappa shape index (κ3) is 3.99. The van der Waals surface area contributed by atoms with Crippen molar-refractivity contribution in [2.45, 2.75) is 82.3 Å². The average molecular weight is 452 g/mol. The van der Waals surface area contributed by atoms with Crippen molar-refractivity contribution in [1.29, 1.82) is 0 Å². The quantitative estimate of drug-likeness (QED) is 0.671. The molecule has 0 radical (unpaired) electrons. The summed E-state index contributed by atoms with van der Waals surface area (Å²) in [5.74, 6) is 1.97. The maximum absolute atomic E-state index is 12.1. The highest BCUT2D eigenvalue weighted by Gasteiger charge is 2.48. The number of carbonyl (C=O) groups excluding carboxylic acids is 1. The number of carbonyl (C=O) groups is 1. The van der Waals surface area contributed by atoms with E-state index >= 15 is 0 Å². The fourth-order valence-corrected chi connectivity index (χ4v) is 8.19. The lowest BCUT2D eigenvalue weighted by Crippen LogP contribution is -2.57. The van der Waals surface area contributed by atoms with Gasteiger partial charge in [-0.3, -0.25) is 4.90 Å². The first-order valence-corrected chi connectivity index (χ1v) is 13.6. The van der Waals surface area contributed by atoms with Crippen LogP contribution in [-0.2, 0) is 16.7 Å². The van der Waals surface area contributed by atoms with Gasteiger partial charge in [-0.05, 0) is 87.9 Å². The van der Waals surface area contributed by atoms with E-state index in [1.54, 1.807) is 11.1 Å². The molecule has 3 atom stereocenters. The van der Waals surface area contributed by atoms with Crippen molar-refractivity contribution in [3.05, 3.63) is 35.4 Å². The molecule has 5 heteroatoms. The van der Waals surface area contributed by atoms with Gasteiger partial charge in [0.1, 0.15) is 0 Å². The summed E-state index contributed by atoms with van der Waals surface area (Å²) in [7, 11) is 0. The smallest absolute Gasteiger partial charge is 0.409 e. The minimum Gasteiger partial charge on any atom is -0.450 e. The molecule has 3 unspecified atom stereocenters. The van der Waals surface area contributed by atoms with Crippen molar-refractivity contribution in [2.75, 3.05) is 39.3 Å². The largest absolute Gasteiger partial charge is 0.450 e. The highest BCUT2D eigenvalue weighted by Crippen LogP contribution is 2.50. The van der Waals surface area contributed by atoms with Gasteiger partial charge < -0.3 is 14.5 Å². The summed E-state index contributed by atoms with van der Waals surface area (Å²) in [6.07, 6.45) is 10.5. The molecule has 5 nitrogen and oxygen atoms in total. The van der Waals surface area contributed by atoms with E-state index in [0.29, 0.717) is 18.1 Å². The van der Waals surface area contributed by atoms with Crippen LogP contribution in [0.4, 0.5) is 4.79 Å². The van der Waals surface area contributed by atoms with E-state index in [4.69, 9.17) is 4.74 Å². The van der Waals surface area contributed by atoms with Gasteiger partial charge in [-0.15, -0.1) is 0 Å². The number of amides is 1. The number of benzene rings is 1. The Kier molecular flexibility index (Phi) is 5.90. The van der Waals surface area contributed by atoms with Crippen LogP contribution in [0.5, 0.6) is 0 Å². The normalized spacial score (nSPS) is 32.3. The number of hydrogen-bond donors (Lipinski definition) is 0. The number of hydrogen-bond acceptors (Lipinski definition) is 4. The SMILES string of the molecule is CCOC(=O)N1CCC(N2CCC3(CC2)CN(C2CC4CCC2C4)Cc2ccccc23)CC1. The van der Waals surface area contributed by atoms with Gasteiger partial charge in [0.15, 0.2) is 0 Å². The van der Waals surface area contributed by atoms with Crippen LogP contribution in [0.3, 0.4) is 0 Å². The van der Waals surface area contributed by atoms with Crippen molar-refractivity contribution < 1.29 is 9.53 Å². The molecule has 180 valence electrons. The standard InChI is InChI=1S/C28H41N3O2/c1-2-33-27(32)30-13-9-24(10-14-30)29-15-11-28(12-16-29)20-31(19-23-5-3-4-6-25(23)28)26-18-21-7-8-22(26)17-21/h3-6,21-22,24,26H,2,7-20H2,1H3. The van der Waals surface area contributed by atoms with Gasteiger partial charge in [-0.2, -0.15) is 0 Å². The van der Waals surface area contributed by atoms with E-state index in [9.17, 15) is 4.79 Å². The number of nitrogens with zero attached hydrogens (tertiary/aromatic N) is 3. The predicted octanol–water partition coefficient (Wildman–Crippen LogP) is 4.65. The summed E-state index contributed by atoms with van der Waals surface area (Å²) >= 11 is 0. The highest BCUT2D eigenvalue weighted by molar-refractivity contribution is 5.67. The summed E-state index contributed by atoms with van der Waals surface area (Å²) in [6.45, 7) is 8.86. The summed E-state index contributed by atoms with van der Waals surface area (Å²) < 4.78 is 5.21. The maximum atomic E-state index is 12.1. The van der Waals surface area contributed by atoms with Crippen molar-refractivity contribution in [3.63, 3.8) is 0 Å². The molecule has 2 saturated carbocycles. The number of rotatable bonds is 3. The first kappa shape index (κ1) is 21.9. The lowest BCUT2D eigenvalue weighted by atomic mass is 9.68. The van der Waals surface area contributed by atoms with Crippen LogP contribution in [0.1, 0.15) is 69.4 Å². The van der Waals surface area contributed by atoms with Crippen molar-refractivity contribution in [3.8, 4) is 0 Å². The Bertz CT molecular complexity index is 856. The molecular formula is C28H41N3O2. The zero-order chi connectivity index (χ0) is 22.4. The molecule has 0 aromatic heterocycles. The van der Waals surface area contributed by atoms with Crippen LogP contribution in [0.15, 0.2) is 24.3 Å². The number of fused-ring (bicyclic) bond motifs is 4. The second-order valence-corrected chi connectivity index (χ2v) is 11.5. The van der Waals surface area contributed by atoms with E-state index in [-0.39, 0.29) is 6.09 Å². The monoisotopic (exact) mass is 451 g/mol. The molecule has 3 aliphatic heterocycles. The van der Waals surface area contributed by atoms with Gasteiger partial charge in [-0.1, -0.05) is 30.7 Å². The van der Waals surface area contributed by atoms with Gasteiger partial charge in [-0.25, -0.2) is 4.79 Å². The van der Waals surface area contributed by atoms with Crippen LogP contribution >= 0.6 is 0 Å². The molecule has 1 aromatic carbocycles. The molecule has 4 fully saturated rings. The third-order valence-electron chi connectivity index (χ3n) is 9.90. The van der Waals surface area contributed by atoms with Crippen LogP contribution in [-0.4, -0.2) is 72.2 Å². The van der Waals surface area contributed by atoms with E-state index < -0.39 is 0 Å². The number of likely N-dealkylation sites (tertiary alicyclic amines) is 2. The minimum atomic E-state index is -0.131. The van der Waals surface area contributed by atoms with Gasteiger partial charge in [0.2, 0.25) is 0 Å². The van der Waals surface area contributed by atoms with E-state index in [1.165, 1.54) is 64.7 Å². The molecule has 5 aliphatic rings. The molecule has 3 heterocycles. The first-order chi connectivity index (χ1) is 16.1. The van der Waals surface area contributed by atoms with E-state index in [1.807, 2.05) is 11.8 Å².